The fourth-order valence-corrected chi connectivity index (χ4v) is 6.66. The Hall–Kier alpha value is -2.91. The van der Waals surface area contributed by atoms with Gasteiger partial charge in [-0.25, -0.2) is 9.78 Å². The van der Waals surface area contributed by atoms with Crippen LogP contribution < -0.4 is 16.8 Å². The van der Waals surface area contributed by atoms with Gasteiger partial charge in [0.2, 0.25) is 0 Å². The zero-order valence-electron chi connectivity index (χ0n) is 18.5. The summed E-state index contributed by atoms with van der Waals surface area (Å²) in [5.74, 6) is 0.345. The SMILES string of the molecule is Cn1c(CSc2nc3sc4c(c3c(=O)n2-c2ccccc2)CCCCC4)cc(=O)n(C)c1=O. The molecule has 0 aliphatic heterocycles. The number of para-hydroxylation sites is 1. The summed E-state index contributed by atoms with van der Waals surface area (Å²) >= 11 is 2.99. The lowest BCUT2D eigenvalue weighted by atomic mass is 10.1. The third kappa shape index (κ3) is 3.89. The lowest BCUT2D eigenvalue weighted by Gasteiger charge is -2.14. The Kier molecular flexibility index (Phi) is 5.84. The van der Waals surface area contributed by atoms with Gasteiger partial charge < -0.3 is 0 Å². The zero-order valence-corrected chi connectivity index (χ0v) is 20.2. The summed E-state index contributed by atoms with van der Waals surface area (Å²) in [6, 6.07) is 11.0. The summed E-state index contributed by atoms with van der Waals surface area (Å²) in [5.41, 5.74) is 1.74. The van der Waals surface area contributed by atoms with E-state index in [1.807, 2.05) is 30.3 Å². The van der Waals surface area contributed by atoms with E-state index < -0.39 is 0 Å². The summed E-state index contributed by atoms with van der Waals surface area (Å²) in [7, 11) is 3.11. The molecule has 7 nitrogen and oxygen atoms in total. The van der Waals surface area contributed by atoms with Crippen molar-refractivity contribution in [1.82, 2.24) is 18.7 Å². The Morgan fingerprint density at radius 1 is 1.00 bits per heavy atom. The standard InChI is InChI=1S/C24H24N4O3S2/c1-26-16(13-19(29)27(2)24(26)31)14-32-23-25-21-20(17-11-7-4-8-12-18(17)33-21)22(30)28(23)15-9-5-3-6-10-15/h3,5-6,9-10,13H,4,7-8,11-12,14H2,1-2H3. The second-order valence-electron chi connectivity index (χ2n) is 8.28. The summed E-state index contributed by atoms with van der Waals surface area (Å²) in [6.07, 6.45) is 5.34. The van der Waals surface area contributed by atoms with Gasteiger partial charge in [0.15, 0.2) is 5.16 Å². The molecule has 0 saturated carbocycles. The Labute approximate surface area is 198 Å². The number of nitrogens with zero attached hydrogens (tertiary/aromatic N) is 4. The average Bonchev–Trinajstić information content (AvgIpc) is 3.01. The first kappa shape index (κ1) is 21.9. The van der Waals surface area contributed by atoms with Gasteiger partial charge in [-0.05, 0) is 43.4 Å². The molecule has 170 valence electrons. The number of thioether (sulfide) groups is 1. The first-order valence-corrected chi connectivity index (χ1v) is 12.8. The Balaban J connectivity index is 1.66. The molecule has 0 saturated heterocycles. The third-order valence-corrected chi connectivity index (χ3v) is 8.35. The van der Waals surface area contributed by atoms with Crippen LogP contribution >= 0.6 is 23.1 Å². The molecule has 1 aliphatic carbocycles. The van der Waals surface area contributed by atoms with Crippen LogP contribution in [-0.4, -0.2) is 18.7 Å². The second-order valence-corrected chi connectivity index (χ2v) is 10.3. The maximum Gasteiger partial charge on any atom is 0.330 e. The number of hydrogen-bond acceptors (Lipinski definition) is 6. The summed E-state index contributed by atoms with van der Waals surface area (Å²) in [5, 5.41) is 1.30. The first-order chi connectivity index (χ1) is 16.0. The number of thiophene rings is 1. The van der Waals surface area contributed by atoms with E-state index in [9.17, 15) is 14.4 Å². The molecule has 0 spiro atoms. The predicted molar refractivity (Wildman–Crippen MR) is 133 cm³/mol. The van der Waals surface area contributed by atoms with Gasteiger partial charge in [-0.15, -0.1) is 11.3 Å². The van der Waals surface area contributed by atoms with E-state index in [0.29, 0.717) is 16.6 Å². The van der Waals surface area contributed by atoms with Gasteiger partial charge in [0.05, 0.1) is 11.1 Å². The largest absolute Gasteiger partial charge is 0.330 e. The van der Waals surface area contributed by atoms with Crippen molar-refractivity contribution < 1.29 is 0 Å². The maximum absolute atomic E-state index is 13.8. The zero-order chi connectivity index (χ0) is 23.1. The van der Waals surface area contributed by atoms with Crippen molar-refractivity contribution in [3.8, 4) is 5.69 Å². The summed E-state index contributed by atoms with van der Waals surface area (Å²) in [6.45, 7) is 0. The van der Waals surface area contributed by atoms with Crippen molar-refractivity contribution in [3.63, 3.8) is 0 Å². The molecule has 33 heavy (non-hydrogen) atoms. The molecule has 0 N–H and O–H groups in total. The van der Waals surface area contributed by atoms with E-state index in [2.05, 4.69) is 0 Å². The van der Waals surface area contributed by atoms with Crippen molar-refractivity contribution in [2.75, 3.05) is 0 Å². The number of aryl methyl sites for hydroxylation is 2. The Morgan fingerprint density at radius 2 is 1.76 bits per heavy atom. The van der Waals surface area contributed by atoms with Crippen molar-refractivity contribution in [3.05, 3.63) is 83.7 Å². The third-order valence-electron chi connectivity index (χ3n) is 6.20. The molecule has 0 unspecified atom stereocenters. The molecule has 1 aromatic carbocycles. The number of hydrogen-bond donors (Lipinski definition) is 0. The van der Waals surface area contributed by atoms with Crippen LogP contribution in [0.3, 0.4) is 0 Å². The molecule has 9 heteroatoms. The molecule has 5 rings (SSSR count). The molecule has 0 atom stereocenters. The van der Waals surface area contributed by atoms with Crippen LogP contribution in [0.25, 0.3) is 15.9 Å². The summed E-state index contributed by atoms with van der Waals surface area (Å²) < 4.78 is 4.21. The molecule has 0 fully saturated rings. The van der Waals surface area contributed by atoms with E-state index in [1.54, 1.807) is 23.0 Å². The minimum absolute atomic E-state index is 0.0500. The van der Waals surface area contributed by atoms with Gasteiger partial charge in [0, 0.05) is 36.5 Å². The van der Waals surface area contributed by atoms with Gasteiger partial charge in [-0.3, -0.25) is 23.3 Å². The quantitative estimate of drug-likeness (QED) is 0.254. The van der Waals surface area contributed by atoms with Crippen LogP contribution in [0.4, 0.5) is 0 Å². The first-order valence-electron chi connectivity index (χ1n) is 11.0. The highest BCUT2D eigenvalue weighted by molar-refractivity contribution is 7.98. The average molecular weight is 481 g/mol. The van der Waals surface area contributed by atoms with Crippen molar-refractivity contribution in [2.24, 2.45) is 14.1 Å². The monoisotopic (exact) mass is 480 g/mol. The minimum atomic E-state index is -0.371. The molecular weight excluding hydrogens is 456 g/mol. The maximum atomic E-state index is 13.8. The second kappa shape index (κ2) is 8.79. The highest BCUT2D eigenvalue weighted by atomic mass is 32.2. The lowest BCUT2D eigenvalue weighted by Crippen LogP contribution is -2.37. The van der Waals surface area contributed by atoms with E-state index in [-0.39, 0.29) is 16.8 Å². The van der Waals surface area contributed by atoms with Crippen molar-refractivity contribution in [2.45, 2.75) is 43.0 Å². The molecule has 1 aliphatic rings. The molecule has 0 amide bonds. The topological polar surface area (TPSA) is 78.9 Å². The fourth-order valence-electron chi connectivity index (χ4n) is 4.32. The number of benzene rings is 1. The molecule has 4 aromatic rings. The minimum Gasteiger partial charge on any atom is -0.300 e. The van der Waals surface area contributed by atoms with E-state index in [1.165, 1.54) is 46.3 Å². The smallest absolute Gasteiger partial charge is 0.300 e. The van der Waals surface area contributed by atoms with Crippen LogP contribution in [0.2, 0.25) is 0 Å². The molecular formula is C24H24N4O3S2. The Morgan fingerprint density at radius 3 is 2.55 bits per heavy atom. The summed E-state index contributed by atoms with van der Waals surface area (Å²) in [4.78, 5) is 45.3. The predicted octanol–water partition coefficient (Wildman–Crippen LogP) is 3.41. The van der Waals surface area contributed by atoms with Crippen LogP contribution in [-0.2, 0) is 32.7 Å². The lowest BCUT2D eigenvalue weighted by molar-refractivity contribution is 0.664. The van der Waals surface area contributed by atoms with Crippen LogP contribution in [0, 0.1) is 0 Å². The van der Waals surface area contributed by atoms with Gasteiger partial charge in [0.25, 0.3) is 11.1 Å². The van der Waals surface area contributed by atoms with Crippen molar-refractivity contribution >= 4 is 33.3 Å². The molecule has 3 heterocycles. The normalized spacial score (nSPS) is 13.8. The van der Waals surface area contributed by atoms with Crippen LogP contribution in [0.5, 0.6) is 0 Å². The number of rotatable bonds is 4. The van der Waals surface area contributed by atoms with Gasteiger partial charge in [-0.2, -0.15) is 0 Å². The number of aromatic nitrogens is 4. The van der Waals surface area contributed by atoms with E-state index >= 15 is 0 Å². The fraction of sp³-hybridized carbons (Fsp3) is 0.333. The van der Waals surface area contributed by atoms with E-state index in [0.717, 1.165) is 46.2 Å². The van der Waals surface area contributed by atoms with Crippen molar-refractivity contribution in [1.29, 1.82) is 0 Å². The van der Waals surface area contributed by atoms with Gasteiger partial charge in [0.1, 0.15) is 4.83 Å². The number of fused-ring (bicyclic) bond motifs is 3. The van der Waals surface area contributed by atoms with Crippen LogP contribution in [0.1, 0.15) is 35.4 Å². The van der Waals surface area contributed by atoms with E-state index in [4.69, 9.17) is 4.98 Å². The van der Waals surface area contributed by atoms with Gasteiger partial charge >= 0.3 is 5.69 Å². The molecule has 3 aromatic heterocycles. The Bertz CT molecular complexity index is 1530. The highest BCUT2D eigenvalue weighted by Gasteiger charge is 2.22. The molecule has 0 radical (unpaired) electrons. The highest BCUT2D eigenvalue weighted by Crippen LogP contribution is 2.35. The molecule has 0 bridgehead atoms. The van der Waals surface area contributed by atoms with Crippen LogP contribution in [0.15, 0.2) is 55.9 Å². The van der Waals surface area contributed by atoms with Gasteiger partial charge in [-0.1, -0.05) is 36.4 Å².